The largest absolute Gasteiger partial charge is 0.489 e. The second kappa shape index (κ2) is 6.95. The lowest BCUT2D eigenvalue weighted by Gasteiger charge is -2.10. The zero-order valence-corrected chi connectivity index (χ0v) is 11.6. The fourth-order valence-corrected chi connectivity index (χ4v) is 2.06. The van der Waals surface area contributed by atoms with Crippen LogP contribution in [0.15, 0.2) is 48.5 Å². The molecule has 2 aromatic carbocycles. The van der Waals surface area contributed by atoms with Gasteiger partial charge in [-0.2, -0.15) is 0 Å². The third kappa shape index (κ3) is 3.83. The molecule has 2 nitrogen and oxygen atoms in total. The number of ether oxygens (including phenoxy) is 1. The van der Waals surface area contributed by atoms with Crippen molar-refractivity contribution in [1.29, 1.82) is 0 Å². The van der Waals surface area contributed by atoms with Gasteiger partial charge in [0.2, 0.25) is 0 Å². The molecule has 0 unspecified atom stereocenters. The average molecular weight is 255 g/mol. The van der Waals surface area contributed by atoms with Gasteiger partial charge in [0.1, 0.15) is 12.4 Å². The van der Waals surface area contributed by atoms with Crippen molar-refractivity contribution in [3.05, 3.63) is 65.2 Å². The van der Waals surface area contributed by atoms with Crippen molar-refractivity contribution < 1.29 is 4.74 Å². The Bertz CT molecular complexity index is 505. The van der Waals surface area contributed by atoms with E-state index in [0.29, 0.717) is 6.61 Å². The van der Waals surface area contributed by atoms with Crippen molar-refractivity contribution in [2.24, 2.45) is 0 Å². The van der Waals surface area contributed by atoms with Crippen LogP contribution in [0.25, 0.3) is 0 Å². The number of aryl methyl sites for hydroxylation is 1. The molecular weight excluding hydrogens is 234 g/mol. The summed E-state index contributed by atoms with van der Waals surface area (Å²) in [7, 11) is 1.96. The van der Waals surface area contributed by atoms with Crippen LogP contribution in [0.2, 0.25) is 0 Å². The maximum Gasteiger partial charge on any atom is 0.122 e. The summed E-state index contributed by atoms with van der Waals surface area (Å²) in [6.07, 6.45) is 0.997. The summed E-state index contributed by atoms with van der Waals surface area (Å²) in [6.45, 7) is 3.67. The first-order chi connectivity index (χ1) is 9.33. The molecule has 0 saturated heterocycles. The van der Waals surface area contributed by atoms with Gasteiger partial charge >= 0.3 is 0 Å². The summed E-state index contributed by atoms with van der Waals surface area (Å²) < 4.78 is 5.90. The minimum atomic E-state index is 0.622. The van der Waals surface area contributed by atoms with Crippen LogP contribution in [0.5, 0.6) is 5.75 Å². The number of hydrogen-bond donors (Lipinski definition) is 1. The van der Waals surface area contributed by atoms with Gasteiger partial charge in [-0.05, 0) is 36.2 Å². The summed E-state index contributed by atoms with van der Waals surface area (Å²) >= 11 is 0. The van der Waals surface area contributed by atoms with Crippen LogP contribution in [-0.4, -0.2) is 7.05 Å². The molecule has 1 N–H and O–H groups in total. The van der Waals surface area contributed by atoms with Crippen LogP contribution in [0.4, 0.5) is 0 Å². The Balaban J connectivity index is 1.98. The second-order valence-electron chi connectivity index (χ2n) is 4.60. The minimum Gasteiger partial charge on any atom is -0.489 e. The summed E-state index contributed by atoms with van der Waals surface area (Å²) in [5, 5.41) is 3.15. The Labute approximate surface area is 115 Å². The number of benzene rings is 2. The van der Waals surface area contributed by atoms with Crippen LogP contribution in [0.3, 0.4) is 0 Å². The summed E-state index contributed by atoms with van der Waals surface area (Å²) in [5.41, 5.74) is 3.75. The molecule has 19 heavy (non-hydrogen) atoms. The lowest BCUT2D eigenvalue weighted by molar-refractivity contribution is 0.303. The Hall–Kier alpha value is -1.80. The van der Waals surface area contributed by atoms with Gasteiger partial charge in [-0.25, -0.2) is 0 Å². The van der Waals surface area contributed by atoms with E-state index in [1.54, 1.807) is 0 Å². The van der Waals surface area contributed by atoms with Gasteiger partial charge in [-0.15, -0.1) is 0 Å². The van der Waals surface area contributed by atoms with E-state index in [4.69, 9.17) is 4.74 Å². The summed E-state index contributed by atoms with van der Waals surface area (Å²) in [5.74, 6) is 0.990. The molecule has 0 saturated carbocycles. The van der Waals surface area contributed by atoms with Crippen LogP contribution in [0, 0.1) is 0 Å². The molecule has 0 bridgehead atoms. The number of nitrogens with one attached hydrogen (secondary N) is 1. The van der Waals surface area contributed by atoms with Gasteiger partial charge in [0.05, 0.1) is 0 Å². The van der Waals surface area contributed by atoms with Gasteiger partial charge in [-0.1, -0.05) is 49.4 Å². The molecule has 2 heteroatoms. The molecule has 0 heterocycles. The van der Waals surface area contributed by atoms with Crippen LogP contribution >= 0.6 is 0 Å². The predicted octanol–water partition coefficient (Wildman–Crippen LogP) is 3.55. The highest BCUT2D eigenvalue weighted by atomic mass is 16.5. The zero-order chi connectivity index (χ0) is 13.5. The Kier molecular flexibility index (Phi) is 4.99. The van der Waals surface area contributed by atoms with Crippen LogP contribution < -0.4 is 10.1 Å². The van der Waals surface area contributed by atoms with E-state index >= 15 is 0 Å². The molecule has 0 radical (unpaired) electrons. The van der Waals surface area contributed by atoms with Crippen molar-refractivity contribution >= 4 is 0 Å². The molecule has 2 rings (SSSR count). The van der Waals surface area contributed by atoms with Crippen LogP contribution in [-0.2, 0) is 19.6 Å². The highest BCUT2D eigenvalue weighted by Gasteiger charge is 2.01. The standard InChI is InChI=1S/C17H21NO/c1-3-16-6-4-5-7-17(16)19-13-15-10-8-14(9-11-15)12-18-2/h4-11,18H,3,12-13H2,1-2H3. The van der Waals surface area contributed by atoms with E-state index in [9.17, 15) is 0 Å². The Morgan fingerprint density at radius 3 is 2.32 bits per heavy atom. The molecule has 0 fully saturated rings. The first-order valence-electron chi connectivity index (χ1n) is 6.76. The SMILES string of the molecule is CCc1ccccc1OCc1ccc(CNC)cc1. The third-order valence-electron chi connectivity index (χ3n) is 3.15. The first kappa shape index (κ1) is 13.6. The van der Waals surface area contributed by atoms with E-state index in [1.165, 1.54) is 16.7 Å². The molecule has 100 valence electrons. The van der Waals surface area contributed by atoms with E-state index in [0.717, 1.165) is 18.7 Å². The van der Waals surface area contributed by atoms with Crippen molar-refractivity contribution in [2.75, 3.05) is 7.05 Å². The van der Waals surface area contributed by atoms with E-state index < -0.39 is 0 Å². The lowest BCUT2D eigenvalue weighted by Crippen LogP contribution is -2.05. The van der Waals surface area contributed by atoms with Crippen molar-refractivity contribution in [2.45, 2.75) is 26.5 Å². The number of rotatable bonds is 6. The van der Waals surface area contributed by atoms with E-state index in [2.05, 4.69) is 48.6 Å². The van der Waals surface area contributed by atoms with Crippen molar-refractivity contribution in [1.82, 2.24) is 5.32 Å². The fraction of sp³-hybridized carbons (Fsp3) is 0.294. The topological polar surface area (TPSA) is 21.3 Å². The Morgan fingerprint density at radius 2 is 1.63 bits per heavy atom. The molecular formula is C17H21NO. The molecule has 0 aliphatic carbocycles. The molecule has 0 aliphatic rings. The molecule has 2 aromatic rings. The van der Waals surface area contributed by atoms with E-state index in [-0.39, 0.29) is 0 Å². The maximum absolute atomic E-state index is 5.90. The number of para-hydroxylation sites is 1. The van der Waals surface area contributed by atoms with Crippen LogP contribution in [0.1, 0.15) is 23.6 Å². The zero-order valence-electron chi connectivity index (χ0n) is 11.6. The van der Waals surface area contributed by atoms with Crippen molar-refractivity contribution in [3.63, 3.8) is 0 Å². The first-order valence-corrected chi connectivity index (χ1v) is 6.76. The molecule has 0 amide bonds. The molecule has 0 atom stereocenters. The second-order valence-corrected chi connectivity index (χ2v) is 4.60. The average Bonchev–Trinajstić information content (AvgIpc) is 2.47. The quantitative estimate of drug-likeness (QED) is 0.852. The smallest absolute Gasteiger partial charge is 0.122 e. The monoisotopic (exact) mass is 255 g/mol. The van der Waals surface area contributed by atoms with Gasteiger partial charge in [0, 0.05) is 6.54 Å². The van der Waals surface area contributed by atoms with Gasteiger partial charge in [0.15, 0.2) is 0 Å². The summed E-state index contributed by atoms with van der Waals surface area (Å²) in [4.78, 5) is 0. The van der Waals surface area contributed by atoms with Gasteiger partial charge in [0.25, 0.3) is 0 Å². The molecule has 0 aliphatic heterocycles. The highest BCUT2D eigenvalue weighted by molar-refractivity contribution is 5.33. The summed E-state index contributed by atoms with van der Waals surface area (Å²) in [6, 6.07) is 16.8. The fourth-order valence-electron chi connectivity index (χ4n) is 2.06. The van der Waals surface area contributed by atoms with Gasteiger partial charge in [-0.3, -0.25) is 0 Å². The normalized spacial score (nSPS) is 10.4. The van der Waals surface area contributed by atoms with Gasteiger partial charge < -0.3 is 10.1 Å². The Morgan fingerprint density at radius 1 is 0.947 bits per heavy atom. The van der Waals surface area contributed by atoms with Crippen molar-refractivity contribution in [3.8, 4) is 5.75 Å². The maximum atomic E-state index is 5.90. The lowest BCUT2D eigenvalue weighted by atomic mass is 10.1. The minimum absolute atomic E-state index is 0.622. The highest BCUT2D eigenvalue weighted by Crippen LogP contribution is 2.19. The molecule has 0 aromatic heterocycles. The number of hydrogen-bond acceptors (Lipinski definition) is 2. The predicted molar refractivity (Wildman–Crippen MR) is 79.4 cm³/mol. The molecule has 0 spiro atoms. The third-order valence-corrected chi connectivity index (χ3v) is 3.15. The van der Waals surface area contributed by atoms with E-state index in [1.807, 2.05) is 19.2 Å².